The number of halogens is 2. The molecular weight excluding hydrogens is 442 g/mol. The molecule has 0 aromatic rings. The number of Topliss-reactive ketones (excluding diaryl/α,β-unsaturated/α-hetero) is 3. The van der Waals surface area contributed by atoms with E-state index < -0.39 is 60.1 Å². The summed E-state index contributed by atoms with van der Waals surface area (Å²) in [7, 11) is 0. The number of carbonyl (C=O) groups is 5. The van der Waals surface area contributed by atoms with Gasteiger partial charge in [-0.1, -0.05) is 0 Å². The number of ketones is 3. The molecule has 0 aromatic heterocycles. The van der Waals surface area contributed by atoms with Crippen LogP contribution in [0.15, 0.2) is 0 Å². The maximum Gasteiger partial charge on any atom is 0.411 e. The first-order chi connectivity index (χ1) is 14.7. The standard InChI is InChI=1S/C11H17F2NO3.C11H17NO4/c1-7(15)8-5-11(12,13)6-14(8)9(16)17-10(2,3)4;1-7(13)9-5-8(14)6-12(9)10(15)16-11(2,3)4/h8H,5-6H2,1-4H3;9H,5-6H2,1-4H3. The van der Waals surface area contributed by atoms with E-state index in [9.17, 15) is 32.8 Å². The molecule has 33 heavy (non-hydrogen) atoms. The fourth-order valence-electron chi connectivity index (χ4n) is 3.26. The minimum absolute atomic E-state index is 0.0286. The SMILES string of the molecule is CC(=O)C1CC(=O)CN1C(=O)OC(C)(C)C.CC(=O)C1CC(F)(F)CN1C(=O)OC(C)(C)C. The molecule has 2 aliphatic heterocycles. The van der Waals surface area contributed by atoms with Gasteiger partial charge in [-0.15, -0.1) is 0 Å². The molecule has 2 amide bonds. The molecule has 0 spiro atoms. The Labute approximate surface area is 192 Å². The molecule has 0 N–H and O–H groups in total. The average molecular weight is 477 g/mol. The predicted octanol–water partition coefficient (Wildman–Crippen LogP) is 3.37. The van der Waals surface area contributed by atoms with Gasteiger partial charge in [0, 0.05) is 12.8 Å². The van der Waals surface area contributed by atoms with Gasteiger partial charge in [0.05, 0.1) is 19.1 Å². The molecule has 0 bridgehead atoms. The Hall–Kier alpha value is -2.59. The average Bonchev–Trinajstić information content (AvgIpc) is 3.12. The van der Waals surface area contributed by atoms with Crippen LogP contribution in [0.4, 0.5) is 18.4 Å². The first-order valence-electron chi connectivity index (χ1n) is 10.6. The van der Waals surface area contributed by atoms with Crippen LogP contribution in [0.2, 0.25) is 0 Å². The summed E-state index contributed by atoms with van der Waals surface area (Å²) in [6.07, 6.45) is -1.98. The normalized spacial score (nSPS) is 22.4. The van der Waals surface area contributed by atoms with Crippen LogP contribution >= 0.6 is 0 Å². The third-order valence-electron chi connectivity index (χ3n) is 4.61. The van der Waals surface area contributed by atoms with Crippen molar-refractivity contribution in [3.05, 3.63) is 0 Å². The van der Waals surface area contributed by atoms with Crippen molar-refractivity contribution in [2.45, 2.75) is 97.4 Å². The number of alkyl halides is 2. The van der Waals surface area contributed by atoms with Crippen molar-refractivity contribution in [1.29, 1.82) is 0 Å². The van der Waals surface area contributed by atoms with Crippen molar-refractivity contribution in [2.24, 2.45) is 0 Å². The van der Waals surface area contributed by atoms with Crippen LogP contribution in [0.5, 0.6) is 0 Å². The highest BCUT2D eigenvalue weighted by atomic mass is 19.3. The molecule has 2 atom stereocenters. The van der Waals surface area contributed by atoms with Crippen LogP contribution in [0.1, 0.15) is 68.2 Å². The van der Waals surface area contributed by atoms with Crippen molar-refractivity contribution in [2.75, 3.05) is 13.1 Å². The van der Waals surface area contributed by atoms with Crippen molar-refractivity contribution < 1.29 is 42.2 Å². The number of nitrogens with zero attached hydrogens (tertiary/aromatic N) is 2. The number of likely N-dealkylation sites (tertiary alicyclic amines) is 2. The van der Waals surface area contributed by atoms with Gasteiger partial charge in [0.15, 0.2) is 17.3 Å². The molecule has 9 nitrogen and oxygen atoms in total. The third kappa shape index (κ3) is 9.05. The van der Waals surface area contributed by atoms with E-state index in [4.69, 9.17) is 9.47 Å². The number of ether oxygens (including phenoxy) is 2. The molecule has 11 heteroatoms. The summed E-state index contributed by atoms with van der Waals surface area (Å²) in [5, 5.41) is 0. The molecule has 0 aromatic carbocycles. The Bertz CT molecular complexity index is 800. The van der Waals surface area contributed by atoms with E-state index in [1.165, 1.54) is 18.7 Å². The molecule has 2 fully saturated rings. The largest absolute Gasteiger partial charge is 0.444 e. The lowest BCUT2D eigenvalue weighted by Gasteiger charge is -2.27. The number of rotatable bonds is 2. The summed E-state index contributed by atoms with van der Waals surface area (Å²) < 4.78 is 36.5. The molecule has 0 saturated carbocycles. The zero-order valence-electron chi connectivity index (χ0n) is 20.5. The lowest BCUT2D eigenvalue weighted by atomic mass is 10.1. The third-order valence-corrected chi connectivity index (χ3v) is 4.61. The van der Waals surface area contributed by atoms with E-state index in [0.717, 1.165) is 4.90 Å². The van der Waals surface area contributed by atoms with Gasteiger partial charge in [0.25, 0.3) is 5.92 Å². The minimum Gasteiger partial charge on any atom is -0.444 e. The van der Waals surface area contributed by atoms with Gasteiger partial charge in [-0.3, -0.25) is 24.2 Å². The molecule has 2 heterocycles. The van der Waals surface area contributed by atoms with Crippen molar-refractivity contribution >= 4 is 29.5 Å². The van der Waals surface area contributed by atoms with E-state index in [0.29, 0.717) is 0 Å². The topological polar surface area (TPSA) is 110 Å². The van der Waals surface area contributed by atoms with Crippen molar-refractivity contribution in [3.63, 3.8) is 0 Å². The molecule has 0 aliphatic carbocycles. The molecule has 0 radical (unpaired) electrons. The number of hydrogen-bond acceptors (Lipinski definition) is 7. The summed E-state index contributed by atoms with van der Waals surface area (Å²) in [6.45, 7) is 11.9. The maximum absolute atomic E-state index is 13.2. The Balaban J connectivity index is 0.000000331. The molecular formula is C22H34F2N2O7. The van der Waals surface area contributed by atoms with Crippen LogP contribution in [-0.2, 0) is 23.9 Å². The van der Waals surface area contributed by atoms with Gasteiger partial charge < -0.3 is 9.47 Å². The van der Waals surface area contributed by atoms with Crippen LogP contribution in [0.3, 0.4) is 0 Å². The van der Waals surface area contributed by atoms with Crippen LogP contribution in [0.25, 0.3) is 0 Å². The van der Waals surface area contributed by atoms with E-state index in [-0.39, 0.29) is 24.5 Å². The van der Waals surface area contributed by atoms with E-state index in [2.05, 4.69) is 0 Å². The van der Waals surface area contributed by atoms with Gasteiger partial charge in [0.2, 0.25) is 0 Å². The van der Waals surface area contributed by atoms with Crippen LogP contribution in [-0.4, -0.2) is 81.6 Å². The lowest BCUT2D eigenvalue weighted by molar-refractivity contribution is -0.122. The summed E-state index contributed by atoms with van der Waals surface area (Å²) >= 11 is 0. The zero-order valence-corrected chi connectivity index (χ0v) is 20.5. The molecule has 2 rings (SSSR count). The summed E-state index contributed by atoms with van der Waals surface area (Å²) in [5.41, 5.74) is -1.39. The zero-order chi connectivity index (χ0) is 25.9. The van der Waals surface area contributed by atoms with E-state index in [1.54, 1.807) is 41.5 Å². The van der Waals surface area contributed by atoms with Crippen molar-refractivity contribution in [3.8, 4) is 0 Å². The Kier molecular flexibility index (Phi) is 8.73. The first kappa shape index (κ1) is 28.4. The Morgan fingerprint density at radius 1 is 0.848 bits per heavy atom. The van der Waals surface area contributed by atoms with Gasteiger partial charge in [-0.2, -0.15) is 0 Å². The summed E-state index contributed by atoms with van der Waals surface area (Å²) in [4.78, 5) is 59.2. The number of hydrogen-bond donors (Lipinski definition) is 0. The van der Waals surface area contributed by atoms with Crippen molar-refractivity contribution in [1.82, 2.24) is 9.80 Å². The highest BCUT2D eigenvalue weighted by Gasteiger charge is 2.50. The minimum atomic E-state index is -3.02. The van der Waals surface area contributed by atoms with Gasteiger partial charge >= 0.3 is 12.2 Å². The van der Waals surface area contributed by atoms with Gasteiger partial charge in [-0.25, -0.2) is 18.4 Å². The highest BCUT2D eigenvalue weighted by molar-refractivity contribution is 5.97. The Morgan fingerprint density at radius 2 is 1.27 bits per heavy atom. The van der Waals surface area contributed by atoms with Crippen LogP contribution < -0.4 is 0 Å². The van der Waals surface area contributed by atoms with Gasteiger partial charge in [0.1, 0.15) is 17.2 Å². The smallest absolute Gasteiger partial charge is 0.411 e. The molecule has 188 valence electrons. The number of amides is 2. The first-order valence-corrected chi connectivity index (χ1v) is 10.6. The highest BCUT2D eigenvalue weighted by Crippen LogP contribution is 2.33. The second-order valence-corrected chi connectivity index (χ2v) is 10.3. The predicted molar refractivity (Wildman–Crippen MR) is 114 cm³/mol. The molecule has 2 aliphatic rings. The molecule has 2 unspecified atom stereocenters. The fourth-order valence-corrected chi connectivity index (χ4v) is 3.26. The van der Waals surface area contributed by atoms with Crippen LogP contribution in [0, 0.1) is 0 Å². The van der Waals surface area contributed by atoms with Gasteiger partial charge in [-0.05, 0) is 55.4 Å². The molecule has 2 saturated heterocycles. The summed E-state index contributed by atoms with van der Waals surface area (Å²) in [6, 6.07) is -1.73. The Morgan fingerprint density at radius 3 is 1.67 bits per heavy atom. The fraction of sp³-hybridized carbons (Fsp3) is 0.773. The second-order valence-electron chi connectivity index (χ2n) is 10.3. The van der Waals surface area contributed by atoms with E-state index >= 15 is 0 Å². The monoisotopic (exact) mass is 476 g/mol. The second kappa shape index (κ2) is 10.1. The quantitative estimate of drug-likeness (QED) is 0.601. The van der Waals surface area contributed by atoms with E-state index in [1.807, 2.05) is 0 Å². The lowest BCUT2D eigenvalue weighted by Crippen LogP contribution is -2.43. The maximum atomic E-state index is 13.2. The number of carbonyl (C=O) groups excluding carboxylic acids is 5. The summed E-state index contributed by atoms with van der Waals surface area (Å²) in [5.74, 6) is -3.76.